The van der Waals surface area contributed by atoms with E-state index < -0.39 is 0 Å². The van der Waals surface area contributed by atoms with Crippen LogP contribution in [0.1, 0.15) is 98.2 Å². The molecule has 0 aliphatic carbocycles. The number of unbranched alkanes of at least 4 members (excludes halogenated alkanes) is 8. The van der Waals surface area contributed by atoms with E-state index in [1.165, 1.54) is 84.0 Å². The van der Waals surface area contributed by atoms with Crippen molar-refractivity contribution in [2.24, 2.45) is 0 Å². The van der Waals surface area contributed by atoms with Gasteiger partial charge in [-0.3, -0.25) is 0 Å². The van der Waals surface area contributed by atoms with Crippen molar-refractivity contribution < 1.29 is 9.53 Å². The molecule has 0 aliphatic heterocycles. The van der Waals surface area contributed by atoms with E-state index in [-0.39, 0.29) is 5.97 Å². The second kappa shape index (κ2) is 13.0. The molecule has 0 radical (unpaired) electrons. The molecule has 0 aliphatic rings. The van der Waals surface area contributed by atoms with Crippen LogP contribution in [0.15, 0.2) is 36.4 Å². The Kier molecular flexibility index (Phi) is 10.1. The molecule has 0 unspecified atom stereocenters. The summed E-state index contributed by atoms with van der Waals surface area (Å²) < 4.78 is 6.85. The maximum absolute atomic E-state index is 12.6. The van der Waals surface area contributed by atoms with Gasteiger partial charge in [0, 0.05) is 10.3 Å². The lowest BCUT2D eigenvalue weighted by Crippen LogP contribution is -2.06. The van der Waals surface area contributed by atoms with Gasteiger partial charge in [-0.25, -0.2) is 4.79 Å². The first-order valence-electron chi connectivity index (χ1n) is 12.0. The van der Waals surface area contributed by atoms with Crippen LogP contribution in [0.2, 0.25) is 0 Å². The number of thiophene rings is 2. The van der Waals surface area contributed by atoms with E-state index in [0.29, 0.717) is 10.6 Å². The van der Waals surface area contributed by atoms with E-state index in [1.807, 2.05) is 29.5 Å². The number of carbonyl (C=O) groups excluding carboxylic acids is 1. The molecule has 2 nitrogen and oxygen atoms in total. The lowest BCUT2D eigenvalue weighted by Gasteiger charge is -2.05. The molecule has 2 aromatic heterocycles. The Hall–Kier alpha value is -1.65. The summed E-state index contributed by atoms with van der Waals surface area (Å²) in [6.45, 7) is 4.49. The number of fused-ring (bicyclic) bond motifs is 1. The highest BCUT2D eigenvalue weighted by Gasteiger charge is 2.15. The Labute approximate surface area is 195 Å². The van der Waals surface area contributed by atoms with Crippen LogP contribution in [0, 0.1) is 0 Å². The number of hydrogen-bond acceptors (Lipinski definition) is 4. The van der Waals surface area contributed by atoms with Gasteiger partial charge in [0.15, 0.2) is 0 Å². The van der Waals surface area contributed by atoms with Crippen molar-refractivity contribution in [3.05, 3.63) is 51.7 Å². The maximum Gasteiger partial charge on any atom is 0.353 e. The SMILES string of the molecule is CCCCCCCc1ccc(OC(=O)c2cc3cc(CCCCCCC)sc3s2)cc1. The van der Waals surface area contributed by atoms with Crippen LogP contribution < -0.4 is 4.74 Å². The van der Waals surface area contributed by atoms with E-state index >= 15 is 0 Å². The summed E-state index contributed by atoms with van der Waals surface area (Å²) in [6, 6.07) is 12.3. The second-order valence-corrected chi connectivity index (χ2v) is 10.9. The zero-order chi connectivity index (χ0) is 21.9. The molecule has 168 valence electrons. The molecule has 1 aromatic carbocycles. The van der Waals surface area contributed by atoms with E-state index in [1.54, 1.807) is 11.3 Å². The predicted octanol–water partition coefficient (Wildman–Crippen LogP) is 9.21. The quantitative estimate of drug-likeness (QED) is 0.137. The molecule has 0 amide bonds. The minimum atomic E-state index is -0.248. The van der Waals surface area contributed by atoms with Crippen molar-refractivity contribution in [2.75, 3.05) is 0 Å². The van der Waals surface area contributed by atoms with Gasteiger partial charge in [-0.15, -0.1) is 22.7 Å². The van der Waals surface area contributed by atoms with Gasteiger partial charge in [-0.1, -0.05) is 77.3 Å². The van der Waals surface area contributed by atoms with Crippen molar-refractivity contribution in [3.63, 3.8) is 0 Å². The predicted molar refractivity (Wildman–Crippen MR) is 136 cm³/mol. The summed E-state index contributed by atoms with van der Waals surface area (Å²) >= 11 is 3.39. The van der Waals surface area contributed by atoms with Crippen LogP contribution in [-0.2, 0) is 12.8 Å². The lowest BCUT2D eigenvalue weighted by molar-refractivity contribution is 0.0740. The third-order valence-corrected chi connectivity index (χ3v) is 8.13. The molecule has 0 fully saturated rings. The number of benzene rings is 1. The number of esters is 1. The minimum Gasteiger partial charge on any atom is -0.422 e. The third kappa shape index (κ3) is 7.76. The maximum atomic E-state index is 12.6. The Balaban J connectivity index is 1.47. The molecule has 3 aromatic rings. The highest BCUT2D eigenvalue weighted by Crippen LogP contribution is 2.35. The average molecular weight is 457 g/mol. The Morgan fingerprint density at radius 3 is 2.06 bits per heavy atom. The van der Waals surface area contributed by atoms with Crippen LogP contribution >= 0.6 is 22.7 Å². The van der Waals surface area contributed by atoms with E-state index in [2.05, 4.69) is 32.0 Å². The van der Waals surface area contributed by atoms with E-state index in [9.17, 15) is 4.79 Å². The average Bonchev–Trinajstić information content (AvgIpc) is 3.34. The number of hydrogen-bond donors (Lipinski definition) is 0. The van der Waals surface area contributed by atoms with Gasteiger partial charge < -0.3 is 4.74 Å². The molecule has 4 heteroatoms. The highest BCUT2D eigenvalue weighted by atomic mass is 32.2. The van der Waals surface area contributed by atoms with Gasteiger partial charge >= 0.3 is 5.97 Å². The molecule has 0 bridgehead atoms. The van der Waals surface area contributed by atoms with Crippen LogP contribution in [0.5, 0.6) is 5.75 Å². The smallest absolute Gasteiger partial charge is 0.353 e. The van der Waals surface area contributed by atoms with Crippen molar-refractivity contribution in [1.82, 2.24) is 0 Å². The molecule has 3 rings (SSSR count). The number of aryl methyl sites for hydroxylation is 2. The van der Waals surface area contributed by atoms with Crippen molar-refractivity contribution in [1.29, 1.82) is 0 Å². The largest absolute Gasteiger partial charge is 0.422 e. The topological polar surface area (TPSA) is 26.3 Å². The fraction of sp³-hybridized carbons (Fsp3) is 0.519. The van der Waals surface area contributed by atoms with Crippen LogP contribution in [0.3, 0.4) is 0 Å². The molecule has 0 atom stereocenters. The summed E-state index contributed by atoms with van der Waals surface area (Å²) in [5.41, 5.74) is 1.31. The van der Waals surface area contributed by atoms with Gasteiger partial charge in [0.1, 0.15) is 10.6 Å². The van der Waals surface area contributed by atoms with Gasteiger partial charge in [0.2, 0.25) is 0 Å². The fourth-order valence-corrected chi connectivity index (χ4v) is 6.24. The third-order valence-electron chi connectivity index (χ3n) is 5.70. The molecule has 0 N–H and O–H groups in total. The summed E-state index contributed by atoms with van der Waals surface area (Å²) in [5, 5.41) is 1.18. The van der Waals surface area contributed by atoms with Crippen LogP contribution in [0.4, 0.5) is 0 Å². The normalized spacial score (nSPS) is 11.3. The number of carbonyl (C=O) groups is 1. The summed E-state index contributed by atoms with van der Waals surface area (Å²) in [7, 11) is 0. The Morgan fingerprint density at radius 1 is 0.774 bits per heavy atom. The van der Waals surface area contributed by atoms with Crippen LogP contribution in [0.25, 0.3) is 9.40 Å². The van der Waals surface area contributed by atoms with Gasteiger partial charge in [0.25, 0.3) is 0 Å². The zero-order valence-corrected chi connectivity index (χ0v) is 20.7. The summed E-state index contributed by atoms with van der Waals surface area (Å²) in [5.74, 6) is 0.381. The Bertz CT molecular complexity index is 889. The summed E-state index contributed by atoms with van der Waals surface area (Å²) in [6.07, 6.45) is 15.2. The van der Waals surface area contributed by atoms with Gasteiger partial charge in [0.05, 0.1) is 4.01 Å². The van der Waals surface area contributed by atoms with Crippen molar-refractivity contribution in [3.8, 4) is 5.75 Å². The van der Waals surface area contributed by atoms with Crippen LogP contribution in [-0.4, -0.2) is 5.97 Å². The molecule has 0 saturated heterocycles. The molecular weight excluding hydrogens is 420 g/mol. The van der Waals surface area contributed by atoms with E-state index in [0.717, 1.165) is 12.8 Å². The standard InChI is InChI=1S/C27H36O2S2/c1-3-5-7-9-11-13-21-15-17-23(18-16-21)29-26(28)25-20-22-19-24(30-27(22)31-25)14-12-10-8-6-4-2/h15-20H,3-14H2,1-2H3. The molecule has 2 heterocycles. The molecule has 0 saturated carbocycles. The monoisotopic (exact) mass is 456 g/mol. The molecular formula is C27H36O2S2. The van der Waals surface area contributed by atoms with Gasteiger partial charge in [-0.05, 0) is 55.5 Å². The second-order valence-electron chi connectivity index (χ2n) is 8.43. The van der Waals surface area contributed by atoms with Crippen molar-refractivity contribution >= 4 is 38.0 Å². The summed E-state index contributed by atoms with van der Waals surface area (Å²) in [4.78, 5) is 14.7. The number of rotatable bonds is 14. The Morgan fingerprint density at radius 2 is 1.42 bits per heavy atom. The minimum absolute atomic E-state index is 0.248. The van der Waals surface area contributed by atoms with Gasteiger partial charge in [-0.2, -0.15) is 0 Å². The van der Waals surface area contributed by atoms with Crippen molar-refractivity contribution in [2.45, 2.75) is 90.9 Å². The first-order chi connectivity index (χ1) is 15.2. The lowest BCUT2D eigenvalue weighted by atomic mass is 10.1. The van der Waals surface area contributed by atoms with E-state index in [4.69, 9.17) is 4.74 Å². The fourth-order valence-electron chi connectivity index (χ4n) is 3.83. The molecule has 0 spiro atoms. The zero-order valence-electron chi connectivity index (χ0n) is 19.1. The molecule has 31 heavy (non-hydrogen) atoms. The highest BCUT2D eigenvalue weighted by molar-refractivity contribution is 7.39. The first kappa shape index (κ1) is 24.0. The number of ether oxygens (including phenoxy) is 1. The first-order valence-corrected chi connectivity index (χ1v) is 13.7.